The highest BCUT2D eigenvalue weighted by Gasteiger charge is 2.05. The molecule has 0 aliphatic carbocycles. The topological polar surface area (TPSA) is 21.3 Å². The van der Waals surface area contributed by atoms with E-state index in [4.69, 9.17) is 4.74 Å². The van der Waals surface area contributed by atoms with Gasteiger partial charge in [-0.3, -0.25) is 0 Å². The number of hydrogen-bond acceptors (Lipinski definition) is 2. The van der Waals surface area contributed by atoms with Crippen LogP contribution in [0.2, 0.25) is 0 Å². The zero-order valence-electron chi connectivity index (χ0n) is 13.6. The summed E-state index contributed by atoms with van der Waals surface area (Å²) in [5.41, 5.74) is 2.78. The highest BCUT2D eigenvalue weighted by atomic mass is 16.5. The third-order valence-electron chi connectivity index (χ3n) is 3.46. The average molecular weight is 277 g/mol. The first-order valence-electron chi connectivity index (χ1n) is 8.03. The molecule has 1 N–H and O–H groups in total. The van der Waals surface area contributed by atoms with Gasteiger partial charge in [0.15, 0.2) is 0 Å². The van der Waals surface area contributed by atoms with Crippen LogP contribution >= 0.6 is 0 Å². The molecule has 0 spiro atoms. The van der Waals surface area contributed by atoms with E-state index in [0.717, 1.165) is 38.5 Å². The van der Waals surface area contributed by atoms with Gasteiger partial charge in [0.2, 0.25) is 0 Å². The van der Waals surface area contributed by atoms with Crippen molar-refractivity contribution in [3.05, 3.63) is 35.4 Å². The fraction of sp³-hybridized carbons (Fsp3) is 0.667. The van der Waals surface area contributed by atoms with Crippen molar-refractivity contribution in [2.24, 2.45) is 5.92 Å². The van der Waals surface area contributed by atoms with Crippen LogP contribution < -0.4 is 5.32 Å². The second kappa shape index (κ2) is 9.95. The van der Waals surface area contributed by atoms with E-state index >= 15 is 0 Å². The second-order valence-corrected chi connectivity index (χ2v) is 5.98. The quantitative estimate of drug-likeness (QED) is 0.642. The standard InChI is InChI=1S/C18H31NO/c1-5-6-12-20-13-11-19-16(4)18-9-7-17(8-10-18)14-15(2)3/h7-10,15-16,19H,5-6,11-14H2,1-4H3. The number of rotatable bonds is 10. The van der Waals surface area contributed by atoms with Crippen molar-refractivity contribution in [3.8, 4) is 0 Å². The maximum Gasteiger partial charge on any atom is 0.0591 e. The molecule has 0 amide bonds. The molecule has 1 rings (SSSR count). The molecule has 20 heavy (non-hydrogen) atoms. The molecule has 1 aromatic rings. The molecule has 0 aromatic heterocycles. The maximum atomic E-state index is 5.56. The van der Waals surface area contributed by atoms with Crippen molar-refractivity contribution in [2.75, 3.05) is 19.8 Å². The van der Waals surface area contributed by atoms with Crippen molar-refractivity contribution in [1.82, 2.24) is 5.32 Å². The van der Waals surface area contributed by atoms with E-state index in [0.29, 0.717) is 6.04 Å². The van der Waals surface area contributed by atoms with Crippen LogP contribution in [-0.2, 0) is 11.2 Å². The first kappa shape index (κ1) is 17.2. The van der Waals surface area contributed by atoms with Crippen LogP contribution in [0.1, 0.15) is 57.7 Å². The van der Waals surface area contributed by atoms with Crippen molar-refractivity contribution >= 4 is 0 Å². The molecule has 0 bridgehead atoms. The lowest BCUT2D eigenvalue weighted by Crippen LogP contribution is -2.23. The molecule has 0 saturated heterocycles. The average Bonchev–Trinajstić information content (AvgIpc) is 2.42. The molecular formula is C18H31NO. The molecule has 0 aliphatic rings. The van der Waals surface area contributed by atoms with Gasteiger partial charge in [-0.25, -0.2) is 0 Å². The summed E-state index contributed by atoms with van der Waals surface area (Å²) in [7, 11) is 0. The molecule has 0 radical (unpaired) electrons. The molecule has 0 saturated carbocycles. The highest BCUT2D eigenvalue weighted by molar-refractivity contribution is 5.25. The summed E-state index contributed by atoms with van der Waals surface area (Å²) in [6, 6.07) is 9.38. The third kappa shape index (κ3) is 7.06. The molecule has 2 nitrogen and oxygen atoms in total. The van der Waals surface area contributed by atoms with Crippen LogP contribution in [-0.4, -0.2) is 19.8 Å². The summed E-state index contributed by atoms with van der Waals surface area (Å²) in [4.78, 5) is 0. The van der Waals surface area contributed by atoms with Crippen molar-refractivity contribution in [1.29, 1.82) is 0 Å². The largest absolute Gasteiger partial charge is 0.380 e. The molecule has 0 heterocycles. The molecule has 1 aromatic carbocycles. The van der Waals surface area contributed by atoms with E-state index in [1.54, 1.807) is 0 Å². The van der Waals surface area contributed by atoms with Gasteiger partial charge in [-0.05, 0) is 36.8 Å². The predicted molar refractivity (Wildman–Crippen MR) is 87.1 cm³/mol. The van der Waals surface area contributed by atoms with Crippen LogP contribution in [0.3, 0.4) is 0 Å². The number of hydrogen-bond donors (Lipinski definition) is 1. The van der Waals surface area contributed by atoms with E-state index in [2.05, 4.69) is 57.3 Å². The van der Waals surface area contributed by atoms with Gasteiger partial charge in [-0.2, -0.15) is 0 Å². The number of benzene rings is 1. The normalized spacial score (nSPS) is 12.8. The first-order chi connectivity index (χ1) is 9.63. The minimum Gasteiger partial charge on any atom is -0.380 e. The Morgan fingerprint density at radius 2 is 1.75 bits per heavy atom. The lowest BCUT2D eigenvalue weighted by Gasteiger charge is -2.15. The zero-order chi connectivity index (χ0) is 14.8. The molecule has 0 aliphatic heterocycles. The Kier molecular flexibility index (Phi) is 8.56. The SMILES string of the molecule is CCCCOCCNC(C)c1ccc(CC(C)C)cc1. The number of ether oxygens (including phenoxy) is 1. The van der Waals surface area contributed by atoms with E-state index in [9.17, 15) is 0 Å². The third-order valence-corrected chi connectivity index (χ3v) is 3.46. The Balaban J connectivity index is 2.27. The van der Waals surface area contributed by atoms with Gasteiger partial charge in [-0.15, -0.1) is 0 Å². The Morgan fingerprint density at radius 3 is 2.35 bits per heavy atom. The van der Waals surface area contributed by atoms with Crippen molar-refractivity contribution in [3.63, 3.8) is 0 Å². The zero-order valence-corrected chi connectivity index (χ0v) is 13.6. The van der Waals surface area contributed by atoms with Crippen LogP contribution in [0, 0.1) is 5.92 Å². The summed E-state index contributed by atoms with van der Waals surface area (Å²) in [6.07, 6.45) is 3.52. The number of unbranched alkanes of at least 4 members (excludes halogenated alkanes) is 1. The van der Waals surface area contributed by atoms with Gasteiger partial charge < -0.3 is 10.1 Å². The fourth-order valence-electron chi connectivity index (χ4n) is 2.23. The van der Waals surface area contributed by atoms with Crippen LogP contribution in [0.15, 0.2) is 24.3 Å². The minimum atomic E-state index is 0.387. The molecule has 1 atom stereocenters. The molecule has 2 heteroatoms. The minimum absolute atomic E-state index is 0.387. The van der Waals surface area contributed by atoms with Gasteiger partial charge in [0, 0.05) is 19.2 Å². The summed E-state index contributed by atoms with van der Waals surface area (Å²) in [6.45, 7) is 11.5. The summed E-state index contributed by atoms with van der Waals surface area (Å²) in [5, 5.41) is 3.51. The van der Waals surface area contributed by atoms with Gasteiger partial charge in [-0.1, -0.05) is 51.5 Å². The lowest BCUT2D eigenvalue weighted by molar-refractivity contribution is 0.131. The molecule has 0 fully saturated rings. The maximum absolute atomic E-state index is 5.56. The molecule has 1 unspecified atom stereocenters. The highest BCUT2D eigenvalue weighted by Crippen LogP contribution is 2.15. The van der Waals surface area contributed by atoms with E-state index in [1.807, 2.05) is 0 Å². The van der Waals surface area contributed by atoms with Crippen molar-refractivity contribution in [2.45, 2.75) is 53.0 Å². The molecule has 114 valence electrons. The summed E-state index contributed by atoms with van der Waals surface area (Å²) in [5.74, 6) is 0.719. The molecular weight excluding hydrogens is 246 g/mol. The first-order valence-corrected chi connectivity index (χ1v) is 8.03. The van der Waals surface area contributed by atoms with Gasteiger partial charge >= 0.3 is 0 Å². The van der Waals surface area contributed by atoms with Gasteiger partial charge in [0.1, 0.15) is 0 Å². The Morgan fingerprint density at radius 1 is 1.05 bits per heavy atom. The summed E-state index contributed by atoms with van der Waals surface area (Å²) >= 11 is 0. The van der Waals surface area contributed by atoms with Gasteiger partial charge in [0.05, 0.1) is 6.61 Å². The summed E-state index contributed by atoms with van der Waals surface area (Å²) < 4.78 is 5.56. The Hall–Kier alpha value is -0.860. The predicted octanol–water partition coefficient (Wildman–Crippen LogP) is 4.35. The van der Waals surface area contributed by atoms with E-state index < -0.39 is 0 Å². The van der Waals surface area contributed by atoms with Crippen LogP contribution in [0.25, 0.3) is 0 Å². The Labute approximate surface area is 124 Å². The fourth-order valence-corrected chi connectivity index (χ4v) is 2.23. The van der Waals surface area contributed by atoms with Crippen LogP contribution in [0.4, 0.5) is 0 Å². The Bertz CT molecular complexity index is 345. The number of nitrogens with one attached hydrogen (secondary N) is 1. The van der Waals surface area contributed by atoms with E-state index in [1.165, 1.54) is 17.5 Å². The lowest BCUT2D eigenvalue weighted by atomic mass is 10.00. The smallest absolute Gasteiger partial charge is 0.0591 e. The second-order valence-electron chi connectivity index (χ2n) is 5.98. The monoisotopic (exact) mass is 277 g/mol. The van der Waals surface area contributed by atoms with Crippen LogP contribution in [0.5, 0.6) is 0 Å². The van der Waals surface area contributed by atoms with Gasteiger partial charge in [0.25, 0.3) is 0 Å². The van der Waals surface area contributed by atoms with Crippen molar-refractivity contribution < 1.29 is 4.74 Å². The van der Waals surface area contributed by atoms with E-state index in [-0.39, 0.29) is 0 Å².